The number of nitrogens with zero attached hydrogens (tertiary/aromatic N) is 4. The molecule has 8 nitrogen and oxygen atoms in total. The number of benzene rings is 3. The third kappa shape index (κ3) is 6.00. The van der Waals surface area contributed by atoms with Crippen molar-refractivity contribution in [3.63, 3.8) is 0 Å². The monoisotopic (exact) mass is 589 g/mol. The molecule has 0 atom stereocenters. The fourth-order valence-electron chi connectivity index (χ4n) is 4.92. The highest BCUT2D eigenvalue weighted by atomic mass is 19.4. The first-order valence-corrected chi connectivity index (χ1v) is 13.6. The maximum absolute atomic E-state index is 15.7. The predicted octanol–water partition coefficient (Wildman–Crippen LogP) is 6.53. The number of aromatic amines is 1. The van der Waals surface area contributed by atoms with E-state index < -0.39 is 23.5 Å². The van der Waals surface area contributed by atoms with E-state index in [1.807, 2.05) is 30.3 Å². The van der Waals surface area contributed by atoms with E-state index >= 15 is 4.39 Å². The molecule has 1 aliphatic heterocycles. The zero-order valence-electron chi connectivity index (χ0n) is 23.0. The summed E-state index contributed by atoms with van der Waals surface area (Å²) in [5, 5.41) is 6.46. The van der Waals surface area contributed by atoms with Gasteiger partial charge < -0.3 is 25.4 Å². The summed E-state index contributed by atoms with van der Waals surface area (Å²) in [7, 11) is 2.11. The molecule has 1 fully saturated rings. The van der Waals surface area contributed by atoms with Crippen LogP contribution in [0.25, 0.3) is 22.4 Å². The highest BCUT2D eigenvalue weighted by Crippen LogP contribution is 2.32. The van der Waals surface area contributed by atoms with E-state index in [-0.39, 0.29) is 22.6 Å². The Labute approximate surface area is 244 Å². The molecule has 43 heavy (non-hydrogen) atoms. The van der Waals surface area contributed by atoms with Gasteiger partial charge in [0.05, 0.1) is 22.2 Å². The summed E-state index contributed by atoms with van der Waals surface area (Å²) in [5.41, 5.74) is 1.35. The van der Waals surface area contributed by atoms with Gasteiger partial charge in [-0.1, -0.05) is 6.07 Å². The van der Waals surface area contributed by atoms with Gasteiger partial charge in [0.15, 0.2) is 11.6 Å². The van der Waals surface area contributed by atoms with Crippen LogP contribution < -0.4 is 15.5 Å². The molecule has 3 heterocycles. The molecule has 1 amide bonds. The van der Waals surface area contributed by atoms with Gasteiger partial charge >= 0.3 is 6.18 Å². The number of anilines is 4. The highest BCUT2D eigenvalue weighted by Gasteiger charge is 2.30. The summed E-state index contributed by atoms with van der Waals surface area (Å²) in [4.78, 5) is 29.5. The van der Waals surface area contributed by atoms with E-state index in [4.69, 9.17) is 0 Å². The summed E-state index contributed by atoms with van der Waals surface area (Å²) in [6.07, 6.45) is -2.82. The molecular weight excluding hydrogens is 562 g/mol. The number of likely N-dealkylation sites (N-methyl/N-ethyl adjacent to an activating group) is 1. The second-order valence-electron chi connectivity index (χ2n) is 10.3. The number of carbonyl (C=O) groups excluding carboxylic acids is 1. The van der Waals surface area contributed by atoms with Crippen molar-refractivity contribution < 1.29 is 22.4 Å². The number of halogens is 4. The van der Waals surface area contributed by atoms with Gasteiger partial charge in [-0.3, -0.25) is 4.79 Å². The van der Waals surface area contributed by atoms with E-state index in [0.29, 0.717) is 16.9 Å². The Morgan fingerprint density at radius 2 is 1.63 bits per heavy atom. The Morgan fingerprint density at radius 1 is 0.907 bits per heavy atom. The van der Waals surface area contributed by atoms with E-state index in [2.05, 4.69) is 42.4 Å². The van der Waals surface area contributed by atoms with Crippen molar-refractivity contribution in [2.75, 3.05) is 48.8 Å². The van der Waals surface area contributed by atoms with Crippen LogP contribution in [0.5, 0.6) is 0 Å². The molecule has 220 valence electrons. The zero-order valence-corrected chi connectivity index (χ0v) is 23.0. The number of piperazine rings is 1. The molecule has 0 aliphatic carbocycles. The van der Waals surface area contributed by atoms with E-state index in [0.717, 1.165) is 61.8 Å². The minimum Gasteiger partial charge on any atom is -0.369 e. The van der Waals surface area contributed by atoms with E-state index in [9.17, 15) is 18.0 Å². The third-order valence-electron chi connectivity index (χ3n) is 7.38. The minimum atomic E-state index is -4.53. The Kier molecular flexibility index (Phi) is 7.45. The molecule has 1 saturated heterocycles. The first kappa shape index (κ1) is 28.2. The van der Waals surface area contributed by atoms with Gasteiger partial charge in [0.1, 0.15) is 11.5 Å². The van der Waals surface area contributed by atoms with Crippen molar-refractivity contribution in [3.8, 4) is 11.4 Å². The number of hydrogen-bond acceptors (Lipinski definition) is 6. The number of alkyl halides is 3. The molecule has 0 spiro atoms. The number of amides is 1. The SMILES string of the molecule is CN1CCN(c2ccc(Nc3nc(-c4cccc(NC(=O)c5ccc(C(F)(F)F)cc5)c4F)nc4[nH]ccc34)cc2)CC1. The molecule has 0 radical (unpaired) electrons. The Bertz CT molecular complexity index is 1760. The largest absolute Gasteiger partial charge is 0.416 e. The fraction of sp³-hybridized carbons (Fsp3) is 0.194. The number of nitrogens with one attached hydrogen (secondary N) is 3. The van der Waals surface area contributed by atoms with Gasteiger partial charge in [-0.15, -0.1) is 0 Å². The van der Waals surface area contributed by atoms with Crippen LogP contribution >= 0.6 is 0 Å². The quantitative estimate of drug-likeness (QED) is 0.195. The van der Waals surface area contributed by atoms with Crippen LogP contribution in [-0.4, -0.2) is 59.0 Å². The van der Waals surface area contributed by atoms with Crippen molar-refractivity contribution in [1.29, 1.82) is 0 Å². The maximum Gasteiger partial charge on any atom is 0.416 e. The minimum absolute atomic E-state index is 0.0372. The Balaban J connectivity index is 1.24. The smallest absolute Gasteiger partial charge is 0.369 e. The molecule has 0 saturated carbocycles. The topological polar surface area (TPSA) is 89.2 Å². The predicted molar refractivity (Wildman–Crippen MR) is 158 cm³/mol. The summed E-state index contributed by atoms with van der Waals surface area (Å²) in [6, 6.07) is 17.9. The molecule has 0 unspecified atom stereocenters. The van der Waals surface area contributed by atoms with Crippen molar-refractivity contribution in [2.45, 2.75) is 6.18 Å². The maximum atomic E-state index is 15.7. The van der Waals surface area contributed by atoms with E-state index in [1.165, 1.54) is 18.2 Å². The molecule has 12 heteroatoms. The van der Waals surface area contributed by atoms with Crippen LogP contribution in [0.15, 0.2) is 79.0 Å². The first-order valence-electron chi connectivity index (χ1n) is 13.6. The van der Waals surface area contributed by atoms with E-state index in [1.54, 1.807) is 6.20 Å². The lowest BCUT2D eigenvalue weighted by atomic mass is 10.1. The fourth-order valence-corrected chi connectivity index (χ4v) is 4.92. The first-order chi connectivity index (χ1) is 20.7. The van der Waals surface area contributed by atoms with Crippen LogP contribution in [0, 0.1) is 5.82 Å². The van der Waals surface area contributed by atoms with Crippen molar-refractivity contribution in [3.05, 3.63) is 95.9 Å². The molecule has 5 aromatic rings. The number of rotatable bonds is 6. The summed E-state index contributed by atoms with van der Waals surface area (Å²) in [6.45, 7) is 3.92. The molecule has 1 aliphatic rings. The molecule has 3 N–H and O–H groups in total. The van der Waals surface area contributed by atoms with Gasteiger partial charge in [0.25, 0.3) is 5.91 Å². The summed E-state index contributed by atoms with van der Waals surface area (Å²) in [5.74, 6) is -0.995. The normalized spacial score (nSPS) is 14.2. The molecule has 2 aromatic heterocycles. The molecule has 3 aromatic carbocycles. The average Bonchev–Trinajstić information content (AvgIpc) is 3.48. The second-order valence-corrected chi connectivity index (χ2v) is 10.3. The second kappa shape index (κ2) is 11.4. The van der Waals surface area contributed by atoms with Gasteiger partial charge in [0.2, 0.25) is 0 Å². The zero-order chi connectivity index (χ0) is 30.1. The number of hydrogen-bond donors (Lipinski definition) is 3. The van der Waals surface area contributed by atoms with Crippen LogP contribution in [0.3, 0.4) is 0 Å². The third-order valence-corrected chi connectivity index (χ3v) is 7.38. The van der Waals surface area contributed by atoms with Crippen LogP contribution in [0.2, 0.25) is 0 Å². The number of H-pyrrole nitrogens is 1. The molecule has 6 rings (SSSR count). The number of aromatic nitrogens is 3. The standard InChI is InChI=1S/C31H27F4N7O/c1-41-15-17-42(18-16-41)22-11-9-21(10-12-22)37-29-24-13-14-36-27(24)39-28(40-29)23-3-2-4-25(26(23)32)38-30(43)19-5-7-20(8-6-19)31(33,34)35/h2-14H,15-18H2,1H3,(H,38,43)(H2,36,37,39,40). The van der Waals surface area contributed by atoms with Gasteiger partial charge in [-0.2, -0.15) is 13.2 Å². The summed E-state index contributed by atoms with van der Waals surface area (Å²) < 4.78 is 54.3. The Morgan fingerprint density at radius 3 is 2.33 bits per heavy atom. The highest BCUT2D eigenvalue weighted by molar-refractivity contribution is 6.04. The van der Waals surface area contributed by atoms with Crippen LogP contribution in [-0.2, 0) is 6.18 Å². The lowest BCUT2D eigenvalue weighted by Crippen LogP contribution is -2.44. The molecular formula is C31H27F4N7O. The van der Waals surface area contributed by atoms with Crippen LogP contribution in [0.4, 0.5) is 40.4 Å². The van der Waals surface area contributed by atoms with Gasteiger partial charge in [-0.05, 0) is 73.8 Å². The van der Waals surface area contributed by atoms with Gasteiger partial charge in [0, 0.05) is 49.3 Å². The average molecular weight is 590 g/mol. The van der Waals surface area contributed by atoms with Crippen molar-refractivity contribution >= 4 is 39.8 Å². The Hall–Kier alpha value is -4.97. The molecule has 0 bridgehead atoms. The lowest BCUT2D eigenvalue weighted by Gasteiger charge is -2.34. The number of carbonyl (C=O) groups is 1. The summed E-state index contributed by atoms with van der Waals surface area (Å²) >= 11 is 0. The van der Waals surface area contributed by atoms with Gasteiger partial charge in [-0.25, -0.2) is 14.4 Å². The van der Waals surface area contributed by atoms with Crippen molar-refractivity contribution in [2.24, 2.45) is 0 Å². The van der Waals surface area contributed by atoms with Crippen molar-refractivity contribution in [1.82, 2.24) is 19.9 Å². The number of fused-ring (bicyclic) bond motifs is 1. The van der Waals surface area contributed by atoms with Crippen LogP contribution in [0.1, 0.15) is 15.9 Å². The lowest BCUT2D eigenvalue weighted by molar-refractivity contribution is -0.137.